The fourth-order valence-corrected chi connectivity index (χ4v) is 2.62. The Kier molecular flexibility index (Phi) is 6.85. The molecule has 0 saturated heterocycles. The Morgan fingerprint density at radius 2 is 2.00 bits per heavy atom. The molecule has 1 N–H and O–H groups in total. The van der Waals surface area contributed by atoms with Gasteiger partial charge in [0.05, 0.1) is 19.0 Å². The molecule has 1 heterocycles. The first kappa shape index (κ1) is 18.0. The highest BCUT2D eigenvalue weighted by atomic mass is 16.5. The smallest absolute Gasteiger partial charge is 0.275 e. The van der Waals surface area contributed by atoms with Gasteiger partial charge in [-0.15, -0.1) is 0 Å². The van der Waals surface area contributed by atoms with Gasteiger partial charge in [-0.25, -0.2) is 4.68 Å². The van der Waals surface area contributed by atoms with Crippen molar-refractivity contribution in [2.75, 3.05) is 7.11 Å². The van der Waals surface area contributed by atoms with E-state index in [4.69, 9.17) is 4.74 Å². The number of unbranched alkanes of at least 4 members (excludes halogenated alkanes) is 3. The minimum atomic E-state index is -0.190. The molecule has 2 rings (SSSR count). The van der Waals surface area contributed by atoms with Gasteiger partial charge in [-0.3, -0.25) is 4.79 Å². The summed E-state index contributed by atoms with van der Waals surface area (Å²) in [5.74, 6) is 0.291. The van der Waals surface area contributed by atoms with E-state index in [9.17, 15) is 4.79 Å². The Morgan fingerprint density at radius 1 is 1.25 bits per heavy atom. The first-order valence-corrected chi connectivity index (χ1v) is 8.65. The average molecular weight is 329 g/mol. The van der Waals surface area contributed by atoms with E-state index in [-0.39, 0.29) is 11.9 Å². The van der Waals surface area contributed by atoms with Crippen molar-refractivity contribution in [1.82, 2.24) is 15.1 Å². The molecule has 0 bridgehead atoms. The Bertz CT molecular complexity index is 637. The number of hydrogen-bond donors (Lipinski definition) is 1. The number of carbonyl (C=O) groups is 1. The van der Waals surface area contributed by atoms with Crippen LogP contribution in [0.1, 0.15) is 56.4 Å². The summed E-state index contributed by atoms with van der Waals surface area (Å²) in [6.45, 7) is 4.23. The lowest BCUT2D eigenvalue weighted by Gasteiger charge is -2.13. The number of nitrogens with zero attached hydrogens (tertiary/aromatic N) is 2. The van der Waals surface area contributed by atoms with Crippen molar-refractivity contribution < 1.29 is 9.53 Å². The predicted octanol–water partition coefficient (Wildman–Crippen LogP) is 3.97. The molecule has 0 radical (unpaired) electrons. The van der Waals surface area contributed by atoms with Crippen molar-refractivity contribution >= 4 is 5.91 Å². The predicted molar refractivity (Wildman–Crippen MR) is 95.8 cm³/mol. The van der Waals surface area contributed by atoms with Gasteiger partial charge in [-0.2, -0.15) is 5.10 Å². The third kappa shape index (κ3) is 4.85. The first-order valence-electron chi connectivity index (χ1n) is 8.65. The van der Waals surface area contributed by atoms with Crippen LogP contribution < -0.4 is 10.1 Å². The normalized spacial score (nSPS) is 12.0. The van der Waals surface area contributed by atoms with Crippen LogP contribution in [0.25, 0.3) is 5.69 Å². The minimum absolute atomic E-state index is 0.126. The number of hydrogen-bond acceptors (Lipinski definition) is 3. The summed E-state index contributed by atoms with van der Waals surface area (Å²) in [6.07, 6.45) is 7.52. The van der Waals surface area contributed by atoms with Crippen LogP contribution in [0.3, 0.4) is 0 Å². The van der Waals surface area contributed by atoms with Crippen molar-refractivity contribution in [2.24, 2.45) is 0 Å². The summed E-state index contributed by atoms with van der Waals surface area (Å²) in [5.41, 5.74) is 1.21. The molecule has 1 aromatic heterocycles. The maximum atomic E-state index is 12.5. The molecular weight excluding hydrogens is 302 g/mol. The molecule has 1 amide bonds. The monoisotopic (exact) mass is 329 g/mol. The third-order valence-electron chi connectivity index (χ3n) is 4.00. The second-order valence-electron chi connectivity index (χ2n) is 6.05. The summed E-state index contributed by atoms with van der Waals surface area (Å²) in [6, 6.07) is 9.80. The van der Waals surface area contributed by atoms with Crippen LogP contribution in [0.5, 0.6) is 5.75 Å². The van der Waals surface area contributed by atoms with Crippen LogP contribution in [0.15, 0.2) is 36.5 Å². The van der Waals surface area contributed by atoms with Crippen LogP contribution in [-0.4, -0.2) is 28.8 Å². The molecule has 0 aliphatic heterocycles. The number of ether oxygens (including phenoxy) is 1. The second-order valence-corrected chi connectivity index (χ2v) is 6.05. The molecule has 0 aliphatic rings. The number of benzene rings is 1. The summed E-state index contributed by atoms with van der Waals surface area (Å²) in [7, 11) is 1.55. The summed E-state index contributed by atoms with van der Waals surface area (Å²) < 4.78 is 6.99. The van der Waals surface area contributed by atoms with Crippen molar-refractivity contribution in [2.45, 2.75) is 52.0 Å². The summed E-state index contributed by atoms with van der Waals surface area (Å²) in [4.78, 5) is 12.5. The molecule has 2 aromatic rings. The molecule has 130 valence electrons. The van der Waals surface area contributed by atoms with Crippen molar-refractivity contribution in [3.05, 3.63) is 42.2 Å². The average Bonchev–Trinajstić information content (AvgIpc) is 3.04. The van der Waals surface area contributed by atoms with Crippen LogP contribution in [0, 0.1) is 0 Å². The highest BCUT2D eigenvalue weighted by Gasteiger charge is 2.19. The summed E-state index contributed by atoms with van der Waals surface area (Å²) >= 11 is 0. The zero-order valence-corrected chi connectivity index (χ0v) is 14.8. The van der Waals surface area contributed by atoms with Gasteiger partial charge < -0.3 is 10.1 Å². The topological polar surface area (TPSA) is 56.2 Å². The highest BCUT2D eigenvalue weighted by molar-refractivity contribution is 5.95. The van der Waals surface area contributed by atoms with Gasteiger partial charge in [0.2, 0.25) is 0 Å². The van der Waals surface area contributed by atoms with E-state index in [1.54, 1.807) is 18.0 Å². The Labute approximate surface area is 144 Å². The number of rotatable bonds is 9. The molecule has 24 heavy (non-hydrogen) atoms. The minimum Gasteiger partial charge on any atom is -0.493 e. The molecule has 0 saturated carbocycles. The Balaban J connectivity index is 2.02. The van der Waals surface area contributed by atoms with Gasteiger partial charge >= 0.3 is 0 Å². The second kappa shape index (κ2) is 9.11. The first-order chi connectivity index (χ1) is 11.7. The number of carbonyl (C=O) groups excluding carboxylic acids is 1. The zero-order valence-electron chi connectivity index (χ0n) is 14.8. The maximum absolute atomic E-state index is 12.5. The van der Waals surface area contributed by atoms with E-state index in [0.29, 0.717) is 11.4 Å². The Morgan fingerprint density at radius 3 is 2.67 bits per heavy atom. The lowest BCUT2D eigenvalue weighted by molar-refractivity contribution is 0.0929. The van der Waals surface area contributed by atoms with Crippen molar-refractivity contribution in [1.29, 1.82) is 0 Å². The molecular formula is C19H27N3O2. The van der Waals surface area contributed by atoms with Crippen LogP contribution in [0.4, 0.5) is 0 Å². The van der Waals surface area contributed by atoms with E-state index in [0.717, 1.165) is 18.5 Å². The fourth-order valence-electron chi connectivity index (χ4n) is 2.62. The van der Waals surface area contributed by atoms with E-state index >= 15 is 0 Å². The van der Waals surface area contributed by atoms with E-state index in [1.165, 1.54) is 19.3 Å². The van der Waals surface area contributed by atoms with Crippen LogP contribution >= 0.6 is 0 Å². The van der Waals surface area contributed by atoms with Gasteiger partial charge in [0.15, 0.2) is 11.4 Å². The maximum Gasteiger partial charge on any atom is 0.275 e. The lowest BCUT2D eigenvalue weighted by atomic mass is 10.1. The van der Waals surface area contributed by atoms with E-state index in [1.807, 2.05) is 37.3 Å². The largest absolute Gasteiger partial charge is 0.493 e. The van der Waals surface area contributed by atoms with Gasteiger partial charge in [-0.05, 0) is 25.5 Å². The number of methoxy groups -OCH3 is 1. The molecule has 0 fully saturated rings. The molecule has 5 heteroatoms. The van der Waals surface area contributed by atoms with Crippen molar-refractivity contribution in [3.63, 3.8) is 0 Å². The van der Waals surface area contributed by atoms with Crippen molar-refractivity contribution in [3.8, 4) is 11.4 Å². The summed E-state index contributed by atoms with van der Waals surface area (Å²) in [5, 5.41) is 7.41. The molecule has 1 atom stereocenters. The SMILES string of the molecule is CCCCCCC(C)NC(=O)c1nn(-c2ccccc2)cc1OC. The lowest BCUT2D eigenvalue weighted by Crippen LogP contribution is -2.33. The molecule has 0 spiro atoms. The molecule has 1 aromatic carbocycles. The zero-order chi connectivity index (χ0) is 17.4. The number of aromatic nitrogens is 2. The van der Waals surface area contributed by atoms with Gasteiger partial charge in [-0.1, -0.05) is 50.8 Å². The third-order valence-corrected chi connectivity index (χ3v) is 4.00. The van der Waals surface area contributed by atoms with Gasteiger partial charge in [0.25, 0.3) is 5.91 Å². The van der Waals surface area contributed by atoms with E-state index in [2.05, 4.69) is 17.3 Å². The fraction of sp³-hybridized carbons (Fsp3) is 0.474. The Hall–Kier alpha value is -2.30. The van der Waals surface area contributed by atoms with Gasteiger partial charge in [0.1, 0.15) is 0 Å². The molecule has 5 nitrogen and oxygen atoms in total. The van der Waals surface area contributed by atoms with E-state index < -0.39 is 0 Å². The van der Waals surface area contributed by atoms with Crippen LogP contribution in [0.2, 0.25) is 0 Å². The number of amides is 1. The number of nitrogens with one attached hydrogen (secondary N) is 1. The van der Waals surface area contributed by atoms with Crippen LogP contribution in [-0.2, 0) is 0 Å². The van der Waals surface area contributed by atoms with Gasteiger partial charge in [0, 0.05) is 6.04 Å². The molecule has 0 aliphatic carbocycles. The quantitative estimate of drug-likeness (QED) is 0.708. The number of para-hydroxylation sites is 1. The molecule has 1 unspecified atom stereocenters. The standard InChI is InChI=1S/C19H27N3O2/c1-4-5-6-8-11-15(2)20-19(23)18-17(24-3)14-22(21-18)16-12-9-7-10-13-16/h7,9-10,12-15H,4-6,8,11H2,1-3H3,(H,20,23). The highest BCUT2D eigenvalue weighted by Crippen LogP contribution is 2.19.